The average Bonchev–Trinajstić information content (AvgIpc) is 3.25. The van der Waals surface area contributed by atoms with Gasteiger partial charge >= 0.3 is 18.0 Å². The zero-order chi connectivity index (χ0) is 28.9. The highest BCUT2D eigenvalue weighted by Crippen LogP contribution is 2.32. The highest BCUT2D eigenvalue weighted by Gasteiger charge is 2.43. The van der Waals surface area contributed by atoms with E-state index >= 15 is 0 Å². The highest BCUT2D eigenvalue weighted by molar-refractivity contribution is 6.08. The Morgan fingerprint density at radius 3 is 2.28 bits per heavy atom. The van der Waals surface area contributed by atoms with Crippen LogP contribution in [0, 0.1) is 11.3 Å². The number of nitrogens with two attached hydrogens (primary N) is 1. The van der Waals surface area contributed by atoms with Gasteiger partial charge in [0.25, 0.3) is 5.91 Å². The van der Waals surface area contributed by atoms with E-state index in [4.69, 9.17) is 15.6 Å². The molecule has 6 N–H and O–H groups in total. The van der Waals surface area contributed by atoms with E-state index in [0.29, 0.717) is 16.5 Å². The largest absolute Gasteiger partial charge is 0.478 e. The first-order valence-corrected chi connectivity index (χ1v) is 12.1. The lowest BCUT2D eigenvalue weighted by molar-refractivity contribution is -0.138. The third-order valence-corrected chi connectivity index (χ3v) is 6.22. The van der Waals surface area contributed by atoms with Crippen LogP contribution in [0.4, 0.5) is 10.5 Å². The van der Waals surface area contributed by atoms with Crippen molar-refractivity contribution in [2.75, 3.05) is 5.32 Å². The zero-order valence-electron chi connectivity index (χ0n) is 21.6. The molecule has 2 amide bonds. The molecule has 3 rings (SSSR count). The molecule has 0 aliphatic heterocycles. The Balaban J connectivity index is 1.79. The summed E-state index contributed by atoms with van der Waals surface area (Å²) in [6.07, 6.45) is 0.455. The maximum absolute atomic E-state index is 13.6. The number of anilines is 1. The molecular formula is C27H30N4O8. The maximum atomic E-state index is 13.6. The fraction of sp³-hybridized carbons (Fsp3) is 0.296. The molecule has 0 aliphatic rings. The summed E-state index contributed by atoms with van der Waals surface area (Å²) in [5.74, 6) is -3.61. The van der Waals surface area contributed by atoms with Crippen LogP contribution in [0.3, 0.4) is 0 Å². The van der Waals surface area contributed by atoms with E-state index in [2.05, 4.69) is 5.32 Å². The molecule has 2 unspecified atom stereocenters. The van der Waals surface area contributed by atoms with Crippen LogP contribution < -0.4 is 16.5 Å². The third-order valence-electron chi connectivity index (χ3n) is 6.22. The molecule has 206 valence electrons. The zero-order valence-corrected chi connectivity index (χ0v) is 21.6. The number of ether oxygens (including phenoxy) is 1. The van der Waals surface area contributed by atoms with Crippen LogP contribution in [0.1, 0.15) is 47.9 Å². The summed E-state index contributed by atoms with van der Waals surface area (Å²) in [4.78, 5) is 61.8. The van der Waals surface area contributed by atoms with Gasteiger partial charge in [-0.05, 0) is 55.2 Å². The molecule has 1 aromatic heterocycles. The Morgan fingerprint density at radius 1 is 1.05 bits per heavy atom. The van der Waals surface area contributed by atoms with E-state index in [1.807, 2.05) is 13.8 Å². The van der Waals surface area contributed by atoms with Crippen molar-refractivity contribution in [1.82, 2.24) is 10.0 Å². The summed E-state index contributed by atoms with van der Waals surface area (Å²) in [5, 5.41) is 21.2. The van der Waals surface area contributed by atoms with Crippen molar-refractivity contribution < 1.29 is 39.0 Å². The van der Waals surface area contributed by atoms with Crippen molar-refractivity contribution in [1.29, 1.82) is 0 Å². The lowest BCUT2D eigenvalue weighted by Gasteiger charge is -2.27. The third kappa shape index (κ3) is 6.48. The van der Waals surface area contributed by atoms with Gasteiger partial charge in [-0.25, -0.2) is 19.9 Å². The summed E-state index contributed by atoms with van der Waals surface area (Å²) < 4.78 is 6.09. The number of aromatic carboxylic acids is 1. The van der Waals surface area contributed by atoms with Crippen LogP contribution in [-0.2, 0) is 20.7 Å². The molecule has 0 saturated carbocycles. The summed E-state index contributed by atoms with van der Waals surface area (Å²) in [6.45, 7) is 5.15. The Labute approximate surface area is 223 Å². The molecule has 0 saturated heterocycles. The average molecular weight is 539 g/mol. The number of nitrogens with one attached hydrogen (secondary N) is 2. The smallest absolute Gasteiger partial charge is 0.419 e. The number of hydroxylamine groups is 1. The van der Waals surface area contributed by atoms with Gasteiger partial charge in [-0.1, -0.05) is 32.0 Å². The quantitative estimate of drug-likeness (QED) is 0.118. The molecular weight excluding hydrogens is 508 g/mol. The van der Waals surface area contributed by atoms with Gasteiger partial charge in [0.15, 0.2) is 0 Å². The number of esters is 1. The van der Waals surface area contributed by atoms with Gasteiger partial charge in [-0.15, -0.1) is 0 Å². The number of hydrogen-bond donors (Lipinski definition) is 5. The van der Waals surface area contributed by atoms with E-state index in [1.165, 1.54) is 42.0 Å². The van der Waals surface area contributed by atoms with Gasteiger partial charge < -0.3 is 15.6 Å². The van der Waals surface area contributed by atoms with E-state index < -0.39 is 41.3 Å². The van der Waals surface area contributed by atoms with Gasteiger partial charge in [-0.3, -0.25) is 24.7 Å². The number of carboxylic acid groups (broad SMARTS) is 1. The summed E-state index contributed by atoms with van der Waals surface area (Å²) in [5.41, 5.74) is 7.25. The number of nitrogens with zero attached hydrogens (tertiary/aromatic N) is 1. The molecule has 12 heteroatoms. The molecule has 0 radical (unpaired) electrons. The Bertz CT molecular complexity index is 1410. The minimum atomic E-state index is -1.58. The fourth-order valence-electron chi connectivity index (χ4n) is 4.39. The molecule has 0 spiro atoms. The Kier molecular flexibility index (Phi) is 8.84. The normalized spacial score (nSPS) is 13.4. The minimum absolute atomic E-state index is 0.0196. The van der Waals surface area contributed by atoms with Gasteiger partial charge in [0.1, 0.15) is 11.5 Å². The van der Waals surface area contributed by atoms with Crippen LogP contribution >= 0.6 is 0 Å². The second-order valence-corrected chi connectivity index (χ2v) is 9.74. The van der Waals surface area contributed by atoms with E-state index in [0.717, 1.165) is 0 Å². The lowest BCUT2D eigenvalue weighted by Crippen LogP contribution is -2.46. The van der Waals surface area contributed by atoms with E-state index in [1.54, 1.807) is 29.7 Å². The molecule has 0 bridgehead atoms. The number of fused-ring (bicyclic) bond motifs is 1. The van der Waals surface area contributed by atoms with Crippen molar-refractivity contribution in [2.45, 2.75) is 39.7 Å². The number of amides is 2. The number of benzene rings is 2. The van der Waals surface area contributed by atoms with Gasteiger partial charge in [-0.2, -0.15) is 0 Å². The van der Waals surface area contributed by atoms with Crippen molar-refractivity contribution in [2.24, 2.45) is 17.1 Å². The van der Waals surface area contributed by atoms with Crippen LogP contribution in [0.2, 0.25) is 0 Å². The van der Waals surface area contributed by atoms with Crippen LogP contribution in [0.25, 0.3) is 10.9 Å². The first kappa shape index (κ1) is 29.0. The number of carbonyl (C=O) groups is 5. The van der Waals surface area contributed by atoms with Crippen LogP contribution in [0.5, 0.6) is 0 Å². The van der Waals surface area contributed by atoms with Crippen LogP contribution in [-0.4, -0.2) is 50.8 Å². The fourth-order valence-corrected chi connectivity index (χ4v) is 4.39. The molecule has 2 atom stereocenters. The first-order chi connectivity index (χ1) is 18.4. The number of carboxylic acids is 1. The maximum Gasteiger partial charge on any atom is 0.419 e. The molecule has 3 aromatic rings. The van der Waals surface area contributed by atoms with Gasteiger partial charge in [0.2, 0.25) is 5.91 Å². The first-order valence-electron chi connectivity index (χ1n) is 12.1. The van der Waals surface area contributed by atoms with E-state index in [9.17, 15) is 29.2 Å². The monoisotopic (exact) mass is 538 g/mol. The van der Waals surface area contributed by atoms with Crippen molar-refractivity contribution in [3.63, 3.8) is 0 Å². The Morgan fingerprint density at radius 2 is 1.69 bits per heavy atom. The predicted octanol–water partition coefficient (Wildman–Crippen LogP) is 3.18. The SMILES string of the molecule is CC(C)CC(C)(C(=O)NO)C(=O)n1cc(CC(N)C(=O)OC(=O)Nc2ccc(C(=O)O)cc2)c2ccccc21. The minimum Gasteiger partial charge on any atom is -0.478 e. The second kappa shape index (κ2) is 11.9. The summed E-state index contributed by atoms with van der Waals surface area (Å²) in [6, 6.07) is 10.8. The standard InChI is InChI=1S/C27H30N4O8/c1-15(2)13-27(3,24(35)30-38)25(36)31-14-17(19-6-4-5-7-21(19)31)12-20(28)23(34)39-26(37)29-18-10-8-16(9-11-18)22(32)33/h4-11,14-15,20,38H,12-13,28H2,1-3H3,(H,29,37)(H,30,35)(H,32,33). The van der Waals surface area contributed by atoms with Gasteiger partial charge in [0.05, 0.1) is 11.1 Å². The number of carbonyl (C=O) groups excluding carboxylic acids is 4. The van der Waals surface area contributed by atoms with Crippen LogP contribution in [0.15, 0.2) is 54.7 Å². The van der Waals surface area contributed by atoms with Crippen molar-refractivity contribution in [3.05, 3.63) is 65.9 Å². The van der Waals surface area contributed by atoms with Gasteiger partial charge in [0, 0.05) is 23.7 Å². The number of rotatable bonds is 9. The molecule has 12 nitrogen and oxygen atoms in total. The molecule has 2 aromatic carbocycles. The molecule has 0 fully saturated rings. The highest BCUT2D eigenvalue weighted by atomic mass is 16.6. The summed E-state index contributed by atoms with van der Waals surface area (Å²) in [7, 11) is 0. The topological polar surface area (TPSA) is 190 Å². The lowest BCUT2D eigenvalue weighted by atomic mass is 9.80. The predicted molar refractivity (Wildman–Crippen MR) is 140 cm³/mol. The Hall–Kier alpha value is -4.55. The molecule has 0 aliphatic carbocycles. The van der Waals surface area contributed by atoms with Crippen molar-refractivity contribution >= 4 is 46.4 Å². The number of para-hydroxylation sites is 1. The second-order valence-electron chi connectivity index (χ2n) is 9.74. The summed E-state index contributed by atoms with van der Waals surface area (Å²) >= 11 is 0. The van der Waals surface area contributed by atoms with E-state index in [-0.39, 0.29) is 30.0 Å². The molecule has 1 heterocycles. The van der Waals surface area contributed by atoms with Crippen molar-refractivity contribution in [3.8, 4) is 0 Å². The molecule has 39 heavy (non-hydrogen) atoms. The number of aromatic nitrogens is 1. The number of hydrogen-bond acceptors (Lipinski definition) is 8.